The summed E-state index contributed by atoms with van der Waals surface area (Å²) in [4.78, 5) is 20.9. The van der Waals surface area contributed by atoms with Gasteiger partial charge in [0.05, 0.1) is 5.69 Å². The molecule has 0 atom stereocenters. The number of hydrogen-bond donors (Lipinski definition) is 2. The number of hydrogen-bond acceptors (Lipinski definition) is 4. The van der Waals surface area contributed by atoms with Gasteiger partial charge in [-0.25, -0.2) is 14.4 Å². The summed E-state index contributed by atoms with van der Waals surface area (Å²) < 4.78 is 13.5. The highest BCUT2D eigenvalue weighted by Crippen LogP contribution is 2.22. The van der Waals surface area contributed by atoms with Crippen LogP contribution in [-0.4, -0.2) is 15.9 Å². The maximum absolute atomic E-state index is 13.5. The fourth-order valence-electron chi connectivity index (χ4n) is 3.00. The summed E-state index contributed by atoms with van der Waals surface area (Å²) in [6.07, 6.45) is 1.42. The lowest BCUT2D eigenvalue weighted by molar-refractivity contribution is 0.0951. The van der Waals surface area contributed by atoms with Gasteiger partial charge in [0, 0.05) is 29.4 Å². The third-order valence-corrected chi connectivity index (χ3v) is 4.48. The zero-order valence-corrected chi connectivity index (χ0v) is 16.0. The zero-order valence-electron chi connectivity index (χ0n) is 16.0. The second-order valence-corrected chi connectivity index (χ2v) is 6.67. The molecule has 0 aliphatic carbocycles. The largest absolute Gasteiger partial charge is 0.348 e. The molecule has 6 heteroatoms. The molecule has 148 valence electrons. The van der Waals surface area contributed by atoms with E-state index in [4.69, 9.17) is 0 Å². The number of aromatic nitrogens is 2. The van der Waals surface area contributed by atoms with Crippen LogP contribution in [0, 0.1) is 5.82 Å². The molecule has 0 radical (unpaired) electrons. The zero-order chi connectivity index (χ0) is 20.8. The van der Waals surface area contributed by atoms with Crippen molar-refractivity contribution in [1.82, 2.24) is 15.3 Å². The summed E-state index contributed by atoms with van der Waals surface area (Å²) in [5, 5.41) is 6.09. The van der Waals surface area contributed by atoms with Crippen molar-refractivity contribution in [2.75, 3.05) is 5.32 Å². The number of nitrogens with one attached hydrogen (secondary N) is 2. The number of rotatable bonds is 6. The molecule has 3 aromatic carbocycles. The van der Waals surface area contributed by atoms with Crippen molar-refractivity contribution >= 4 is 17.4 Å². The third kappa shape index (κ3) is 4.86. The molecule has 0 aliphatic heterocycles. The highest BCUT2D eigenvalue weighted by Gasteiger charge is 2.08. The van der Waals surface area contributed by atoms with Gasteiger partial charge in [-0.15, -0.1) is 0 Å². The molecule has 2 N–H and O–H groups in total. The number of nitrogens with zero attached hydrogens (tertiary/aromatic N) is 2. The molecule has 0 unspecified atom stereocenters. The Bertz CT molecular complexity index is 1160. The second kappa shape index (κ2) is 8.96. The predicted molar refractivity (Wildman–Crippen MR) is 115 cm³/mol. The predicted octanol–water partition coefficient (Wildman–Crippen LogP) is 4.96. The van der Waals surface area contributed by atoms with Crippen LogP contribution in [0.2, 0.25) is 0 Å². The van der Waals surface area contributed by atoms with Crippen LogP contribution < -0.4 is 10.6 Å². The van der Waals surface area contributed by atoms with E-state index in [9.17, 15) is 9.18 Å². The first-order valence-corrected chi connectivity index (χ1v) is 9.44. The van der Waals surface area contributed by atoms with E-state index in [0.717, 1.165) is 5.56 Å². The van der Waals surface area contributed by atoms with E-state index in [1.807, 2.05) is 36.4 Å². The Labute approximate surface area is 173 Å². The number of benzene rings is 3. The van der Waals surface area contributed by atoms with Crippen molar-refractivity contribution in [1.29, 1.82) is 0 Å². The second-order valence-electron chi connectivity index (χ2n) is 6.67. The molecule has 1 heterocycles. The van der Waals surface area contributed by atoms with Crippen LogP contribution in [0.5, 0.6) is 0 Å². The molecule has 1 amide bonds. The normalized spacial score (nSPS) is 10.4. The van der Waals surface area contributed by atoms with Gasteiger partial charge < -0.3 is 10.6 Å². The van der Waals surface area contributed by atoms with E-state index in [1.165, 1.54) is 18.5 Å². The molecular formula is C24H19FN4O. The van der Waals surface area contributed by atoms with Crippen LogP contribution in [0.4, 0.5) is 15.9 Å². The highest BCUT2D eigenvalue weighted by atomic mass is 19.1. The average Bonchev–Trinajstić information content (AvgIpc) is 2.78. The number of carbonyl (C=O) groups is 1. The summed E-state index contributed by atoms with van der Waals surface area (Å²) in [6.45, 7) is 0.459. The summed E-state index contributed by atoms with van der Waals surface area (Å²) in [5.41, 5.74) is 3.55. The monoisotopic (exact) mass is 398 g/mol. The molecule has 0 saturated carbocycles. The van der Waals surface area contributed by atoms with Gasteiger partial charge in [0.25, 0.3) is 5.91 Å². The molecule has 0 saturated heterocycles. The summed E-state index contributed by atoms with van der Waals surface area (Å²) in [7, 11) is 0. The van der Waals surface area contributed by atoms with Gasteiger partial charge in [-0.3, -0.25) is 4.79 Å². The minimum atomic E-state index is -0.324. The van der Waals surface area contributed by atoms with Crippen LogP contribution >= 0.6 is 0 Å². The van der Waals surface area contributed by atoms with Gasteiger partial charge in [0.15, 0.2) is 0 Å². The van der Waals surface area contributed by atoms with Crippen molar-refractivity contribution in [2.45, 2.75) is 6.54 Å². The van der Waals surface area contributed by atoms with Crippen molar-refractivity contribution in [3.05, 3.63) is 108 Å². The average molecular weight is 398 g/mol. The van der Waals surface area contributed by atoms with Crippen molar-refractivity contribution in [3.63, 3.8) is 0 Å². The molecule has 0 aliphatic rings. The lowest BCUT2D eigenvalue weighted by Gasteiger charge is -2.10. The Morgan fingerprint density at radius 2 is 1.70 bits per heavy atom. The molecule has 1 aromatic heterocycles. The van der Waals surface area contributed by atoms with E-state index >= 15 is 0 Å². The Hall–Kier alpha value is -4.06. The molecule has 5 nitrogen and oxygen atoms in total. The Kier molecular flexibility index (Phi) is 5.75. The highest BCUT2D eigenvalue weighted by molar-refractivity contribution is 5.95. The fraction of sp³-hybridized carbons (Fsp3) is 0.0417. The first-order valence-electron chi connectivity index (χ1n) is 9.44. The minimum Gasteiger partial charge on any atom is -0.348 e. The molecular weight excluding hydrogens is 379 g/mol. The van der Waals surface area contributed by atoms with Gasteiger partial charge in [-0.1, -0.05) is 48.5 Å². The molecule has 0 bridgehead atoms. The Morgan fingerprint density at radius 3 is 2.53 bits per heavy atom. The maximum Gasteiger partial charge on any atom is 0.251 e. The van der Waals surface area contributed by atoms with Crippen molar-refractivity contribution in [2.24, 2.45) is 0 Å². The molecule has 4 rings (SSSR count). The maximum atomic E-state index is 13.5. The van der Waals surface area contributed by atoms with Gasteiger partial charge in [0.2, 0.25) is 0 Å². The van der Waals surface area contributed by atoms with Crippen LogP contribution in [0.1, 0.15) is 15.9 Å². The van der Waals surface area contributed by atoms with Crippen LogP contribution in [0.25, 0.3) is 11.3 Å². The van der Waals surface area contributed by atoms with E-state index in [-0.39, 0.29) is 11.7 Å². The minimum absolute atomic E-state index is 0.161. The fourth-order valence-corrected chi connectivity index (χ4v) is 3.00. The molecule has 0 spiro atoms. The first-order chi connectivity index (χ1) is 14.7. The quantitative estimate of drug-likeness (QED) is 0.482. The molecule has 4 aromatic rings. The number of carbonyl (C=O) groups excluding carboxylic acids is 1. The molecule has 0 fully saturated rings. The number of anilines is 2. The van der Waals surface area contributed by atoms with Gasteiger partial charge >= 0.3 is 0 Å². The van der Waals surface area contributed by atoms with Crippen LogP contribution in [-0.2, 0) is 6.54 Å². The number of halogens is 1. The summed E-state index contributed by atoms with van der Waals surface area (Å²) in [6, 6.07) is 24.8. The van der Waals surface area contributed by atoms with E-state index in [2.05, 4.69) is 20.6 Å². The third-order valence-electron chi connectivity index (χ3n) is 4.48. The lowest BCUT2D eigenvalue weighted by atomic mass is 10.1. The lowest BCUT2D eigenvalue weighted by Crippen LogP contribution is -2.22. The SMILES string of the molecule is O=C(NCc1ccccc1)c1cccc(Nc2cc(-c3cccc(F)c3)ncn2)c1. The summed E-state index contributed by atoms with van der Waals surface area (Å²) >= 11 is 0. The van der Waals surface area contributed by atoms with E-state index < -0.39 is 0 Å². The smallest absolute Gasteiger partial charge is 0.251 e. The van der Waals surface area contributed by atoms with E-state index in [1.54, 1.807) is 36.4 Å². The Morgan fingerprint density at radius 1 is 0.867 bits per heavy atom. The standard InChI is InChI=1S/C24H19FN4O/c25-20-10-4-8-18(12-20)22-14-23(28-16-27-22)29-21-11-5-9-19(13-21)24(30)26-15-17-6-2-1-3-7-17/h1-14,16H,15H2,(H,26,30)(H,27,28,29). The molecule has 30 heavy (non-hydrogen) atoms. The van der Waals surface area contributed by atoms with Gasteiger partial charge in [-0.2, -0.15) is 0 Å². The van der Waals surface area contributed by atoms with E-state index in [0.29, 0.717) is 34.9 Å². The van der Waals surface area contributed by atoms with Crippen LogP contribution in [0.15, 0.2) is 91.3 Å². The van der Waals surface area contributed by atoms with Crippen LogP contribution in [0.3, 0.4) is 0 Å². The van der Waals surface area contributed by atoms with Crippen molar-refractivity contribution in [3.8, 4) is 11.3 Å². The van der Waals surface area contributed by atoms with Crippen molar-refractivity contribution < 1.29 is 9.18 Å². The van der Waals surface area contributed by atoms with Gasteiger partial charge in [-0.05, 0) is 35.9 Å². The Balaban J connectivity index is 1.47. The topological polar surface area (TPSA) is 66.9 Å². The number of amides is 1. The first kappa shape index (κ1) is 19.3. The van der Waals surface area contributed by atoms with Gasteiger partial charge in [0.1, 0.15) is 18.0 Å². The summed E-state index contributed by atoms with van der Waals surface area (Å²) in [5.74, 6) is 0.0617.